The third-order valence-corrected chi connectivity index (χ3v) is 3.32. The summed E-state index contributed by atoms with van der Waals surface area (Å²) in [4.78, 5) is 1.15. The molecule has 1 heterocycles. The summed E-state index contributed by atoms with van der Waals surface area (Å²) in [5, 5.41) is 21.2. The molecule has 5 heteroatoms. The maximum atomic E-state index is 8.92. The molecule has 3 nitrogen and oxygen atoms in total. The zero-order valence-electron chi connectivity index (χ0n) is 9.07. The first kappa shape index (κ1) is 12.7. The van der Waals surface area contributed by atoms with Gasteiger partial charge in [-0.2, -0.15) is 0 Å². The first-order chi connectivity index (χ1) is 7.24. The number of unbranched alkanes of at least 4 members (excludes halogenated alkanes) is 2. The van der Waals surface area contributed by atoms with Crippen molar-refractivity contribution >= 4 is 23.2 Å². The molecule has 0 spiro atoms. The second-order valence-corrected chi connectivity index (χ2v) is 4.76. The third-order valence-electron chi connectivity index (χ3n) is 2.19. The van der Waals surface area contributed by atoms with E-state index in [2.05, 4.69) is 12.2 Å². The molecule has 0 fully saturated rings. The van der Waals surface area contributed by atoms with Crippen LogP contribution in [0.2, 0.25) is 0 Å². The van der Waals surface area contributed by atoms with Crippen molar-refractivity contribution in [1.29, 1.82) is 0 Å². The molecule has 0 aliphatic carbocycles. The van der Waals surface area contributed by atoms with E-state index in [1.807, 2.05) is 6.07 Å². The van der Waals surface area contributed by atoms with Crippen molar-refractivity contribution in [1.82, 2.24) is 5.32 Å². The van der Waals surface area contributed by atoms with Crippen molar-refractivity contribution in [3.63, 3.8) is 0 Å². The Balaban J connectivity index is 2.20. The van der Waals surface area contributed by atoms with Crippen LogP contribution in [0.4, 0.5) is 0 Å². The minimum atomic E-state index is -1.33. The van der Waals surface area contributed by atoms with Crippen molar-refractivity contribution in [2.24, 2.45) is 0 Å². The second kappa shape index (κ2) is 7.01. The van der Waals surface area contributed by atoms with E-state index < -0.39 is 7.12 Å². The summed E-state index contributed by atoms with van der Waals surface area (Å²) in [6.45, 7) is 4.04. The molecule has 0 radical (unpaired) electrons. The van der Waals surface area contributed by atoms with Crippen LogP contribution in [-0.2, 0) is 6.54 Å². The zero-order valence-corrected chi connectivity index (χ0v) is 9.89. The van der Waals surface area contributed by atoms with Gasteiger partial charge in [-0.05, 0) is 19.0 Å². The van der Waals surface area contributed by atoms with E-state index >= 15 is 0 Å². The number of thiophene rings is 1. The van der Waals surface area contributed by atoms with E-state index in [-0.39, 0.29) is 0 Å². The highest BCUT2D eigenvalue weighted by molar-refractivity contribution is 7.22. The molecule has 0 aromatic carbocycles. The Kier molecular flexibility index (Phi) is 5.94. The van der Waals surface area contributed by atoms with E-state index in [1.54, 1.807) is 6.07 Å². The lowest BCUT2D eigenvalue weighted by atomic mass is 9.90. The van der Waals surface area contributed by atoms with Gasteiger partial charge >= 0.3 is 7.12 Å². The lowest BCUT2D eigenvalue weighted by molar-refractivity contribution is 0.427. The fourth-order valence-corrected chi connectivity index (χ4v) is 2.19. The van der Waals surface area contributed by atoms with E-state index in [1.165, 1.54) is 30.6 Å². The summed E-state index contributed by atoms with van der Waals surface area (Å²) in [6, 6.07) is 3.70. The molecule has 15 heavy (non-hydrogen) atoms. The van der Waals surface area contributed by atoms with E-state index in [0.717, 1.165) is 18.0 Å². The highest BCUT2D eigenvalue weighted by Gasteiger charge is 2.13. The van der Waals surface area contributed by atoms with Crippen LogP contribution in [0.3, 0.4) is 0 Å². The van der Waals surface area contributed by atoms with Crippen molar-refractivity contribution in [3.8, 4) is 0 Å². The van der Waals surface area contributed by atoms with Gasteiger partial charge in [-0.15, -0.1) is 11.3 Å². The summed E-state index contributed by atoms with van der Waals surface area (Å²) in [5.74, 6) is 0. The number of nitrogens with one attached hydrogen (secondary N) is 1. The Morgan fingerprint density at radius 3 is 2.73 bits per heavy atom. The quantitative estimate of drug-likeness (QED) is 0.475. The Hall–Kier alpha value is -0.355. The standard InChI is InChI=1S/C10H18BNO2S/c1-2-3-4-7-12-8-9-5-6-10(15-9)11(13)14/h5-6,12-14H,2-4,7-8H2,1H3. The number of hydrogen-bond donors (Lipinski definition) is 3. The topological polar surface area (TPSA) is 52.5 Å². The summed E-state index contributed by atoms with van der Waals surface area (Å²) < 4.78 is 0.611. The molecule has 84 valence electrons. The van der Waals surface area contributed by atoms with Crippen LogP contribution < -0.4 is 10.1 Å². The molecule has 0 atom stereocenters. The second-order valence-electron chi connectivity index (χ2n) is 3.56. The van der Waals surface area contributed by atoms with Crippen molar-refractivity contribution < 1.29 is 10.0 Å². The first-order valence-electron chi connectivity index (χ1n) is 5.39. The van der Waals surface area contributed by atoms with Crippen molar-refractivity contribution in [2.45, 2.75) is 32.7 Å². The molecule has 0 bridgehead atoms. The molecule has 0 aliphatic rings. The van der Waals surface area contributed by atoms with E-state index in [0.29, 0.717) is 4.78 Å². The van der Waals surface area contributed by atoms with Gasteiger partial charge in [0.15, 0.2) is 0 Å². The lowest BCUT2D eigenvalue weighted by Gasteiger charge is -2.01. The third kappa shape index (κ3) is 4.79. The summed E-state index contributed by atoms with van der Waals surface area (Å²) in [5.41, 5.74) is 0. The molecule has 0 aliphatic heterocycles. The lowest BCUT2D eigenvalue weighted by Crippen LogP contribution is -2.26. The molecule has 0 saturated carbocycles. The fourth-order valence-electron chi connectivity index (χ4n) is 1.34. The smallest absolute Gasteiger partial charge is 0.423 e. The average molecular weight is 227 g/mol. The van der Waals surface area contributed by atoms with Crippen LogP contribution in [-0.4, -0.2) is 23.7 Å². The van der Waals surface area contributed by atoms with E-state index in [4.69, 9.17) is 10.0 Å². The highest BCUT2D eigenvalue weighted by atomic mass is 32.1. The van der Waals surface area contributed by atoms with Crippen molar-refractivity contribution in [2.75, 3.05) is 6.54 Å². The Morgan fingerprint density at radius 2 is 2.13 bits per heavy atom. The predicted molar refractivity (Wildman–Crippen MR) is 65.4 cm³/mol. The number of rotatable bonds is 7. The minimum absolute atomic E-state index is 0.611. The average Bonchev–Trinajstić information content (AvgIpc) is 2.66. The number of hydrogen-bond acceptors (Lipinski definition) is 4. The van der Waals surface area contributed by atoms with Gasteiger partial charge in [0.05, 0.1) is 0 Å². The maximum absolute atomic E-state index is 8.92. The van der Waals surface area contributed by atoms with Gasteiger partial charge in [-0.1, -0.05) is 25.8 Å². The summed E-state index contributed by atoms with van der Waals surface area (Å²) in [6.07, 6.45) is 3.71. The monoisotopic (exact) mass is 227 g/mol. The van der Waals surface area contributed by atoms with Crippen LogP contribution in [0.25, 0.3) is 0 Å². The molecule has 0 saturated heterocycles. The van der Waals surface area contributed by atoms with Crippen LogP contribution in [0.1, 0.15) is 31.1 Å². The maximum Gasteiger partial charge on any atom is 0.499 e. The van der Waals surface area contributed by atoms with Crippen molar-refractivity contribution in [3.05, 3.63) is 17.0 Å². The molecule has 1 rings (SSSR count). The van der Waals surface area contributed by atoms with Crippen LogP contribution in [0, 0.1) is 0 Å². The molecule has 0 unspecified atom stereocenters. The Bertz CT molecular complexity index is 278. The van der Waals surface area contributed by atoms with Crippen LogP contribution >= 0.6 is 11.3 Å². The molecule has 0 amide bonds. The molecule has 1 aromatic heterocycles. The van der Waals surface area contributed by atoms with Gasteiger partial charge in [0.2, 0.25) is 0 Å². The van der Waals surface area contributed by atoms with Gasteiger partial charge in [-0.25, -0.2) is 0 Å². The van der Waals surface area contributed by atoms with Crippen LogP contribution in [0.5, 0.6) is 0 Å². The molecular formula is C10H18BNO2S. The van der Waals surface area contributed by atoms with Gasteiger partial charge in [-0.3, -0.25) is 0 Å². The molecule has 1 aromatic rings. The Morgan fingerprint density at radius 1 is 1.33 bits per heavy atom. The highest BCUT2D eigenvalue weighted by Crippen LogP contribution is 2.06. The van der Waals surface area contributed by atoms with Crippen LogP contribution in [0.15, 0.2) is 12.1 Å². The van der Waals surface area contributed by atoms with Gasteiger partial charge < -0.3 is 15.4 Å². The SMILES string of the molecule is CCCCCNCc1ccc(B(O)O)s1. The normalized spacial score (nSPS) is 10.6. The molecule has 3 N–H and O–H groups in total. The van der Waals surface area contributed by atoms with E-state index in [9.17, 15) is 0 Å². The summed E-state index contributed by atoms with van der Waals surface area (Å²) >= 11 is 1.44. The predicted octanol–water partition coefficient (Wildman–Crippen LogP) is 0.708. The molecular weight excluding hydrogens is 209 g/mol. The zero-order chi connectivity index (χ0) is 11.1. The van der Waals surface area contributed by atoms with Gasteiger partial charge in [0.25, 0.3) is 0 Å². The first-order valence-corrected chi connectivity index (χ1v) is 6.21. The fraction of sp³-hybridized carbons (Fsp3) is 0.600. The van der Waals surface area contributed by atoms with Gasteiger partial charge in [0.1, 0.15) is 0 Å². The largest absolute Gasteiger partial charge is 0.499 e. The Labute approximate surface area is 95.3 Å². The summed E-state index contributed by atoms with van der Waals surface area (Å²) in [7, 11) is -1.33. The van der Waals surface area contributed by atoms with Gasteiger partial charge in [0, 0.05) is 16.2 Å². The minimum Gasteiger partial charge on any atom is -0.423 e.